The molecule has 0 heterocycles. The van der Waals surface area contributed by atoms with Crippen molar-refractivity contribution in [3.05, 3.63) is 35.9 Å². The van der Waals surface area contributed by atoms with Crippen LogP contribution in [0.25, 0.3) is 0 Å². The second-order valence-electron chi connectivity index (χ2n) is 5.77. The van der Waals surface area contributed by atoms with Gasteiger partial charge in [0.2, 0.25) is 5.91 Å². The van der Waals surface area contributed by atoms with E-state index >= 15 is 0 Å². The van der Waals surface area contributed by atoms with Crippen molar-refractivity contribution in [2.75, 3.05) is 19.6 Å². The van der Waals surface area contributed by atoms with E-state index in [2.05, 4.69) is 37.9 Å². The Morgan fingerprint density at radius 3 is 2.38 bits per heavy atom. The van der Waals surface area contributed by atoms with Gasteiger partial charge in [0.1, 0.15) is 0 Å². The predicted molar refractivity (Wildman–Crippen MR) is 89.5 cm³/mol. The van der Waals surface area contributed by atoms with Gasteiger partial charge in [-0.05, 0) is 32.4 Å². The maximum absolute atomic E-state index is 12.4. The van der Waals surface area contributed by atoms with Crippen molar-refractivity contribution in [3.63, 3.8) is 0 Å². The summed E-state index contributed by atoms with van der Waals surface area (Å²) in [6.45, 7) is 11.3. The zero-order valence-corrected chi connectivity index (χ0v) is 13.9. The van der Waals surface area contributed by atoms with Crippen LogP contribution in [-0.2, 0) is 4.79 Å². The first kappa shape index (κ1) is 17.7. The molecule has 0 fully saturated rings. The van der Waals surface area contributed by atoms with Crippen molar-refractivity contribution in [3.8, 4) is 0 Å². The maximum atomic E-state index is 12.4. The Morgan fingerprint density at radius 1 is 1.19 bits per heavy atom. The van der Waals surface area contributed by atoms with E-state index in [0.29, 0.717) is 6.04 Å². The first-order chi connectivity index (χ1) is 10.1. The molecule has 1 atom stereocenters. The van der Waals surface area contributed by atoms with E-state index in [1.807, 2.05) is 30.3 Å². The summed E-state index contributed by atoms with van der Waals surface area (Å²) in [5.41, 5.74) is 1.12. The fourth-order valence-corrected chi connectivity index (χ4v) is 2.65. The molecular formula is C18H30N2O. The van der Waals surface area contributed by atoms with Crippen LogP contribution in [0.15, 0.2) is 30.3 Å². The molecule has 1 unspecified atom stereocenters. The van der Waals surface area contributed by atoms with E-state index in [0.717, 1.165) is 38.0 Å². The van der Waals surface area contributed by atoms with Gasteiger partial charge in [-0.1, -0.05) is 50.6 Å². The lowest BCUT2D eigenvalue weighted by atomic mass is 9.94. The third-order valence-electron chi connectivity index (χ3n) is 3.93. The molecule has 1 N–H and O–H groups in total. The second kappa shape index (κ2) is 9.56. The maximum Gasteiger partial charge on any atom is 0.227 e. The molecule has 3 heteroatoms. The minimum atomic E-state index is -0.0228. The van der Waals surface area contributed by atoms with Crippen LogP contribution < -0.4 is 5.32 Å². The summed E-state index contributed by atoms with van der Waals surface area (Å²) in [5, 5.41) is 3.11. The molecule has 1 rings (SSSR count). The highest BCUT2D eigenvalue weighted by atomic mass is 16.1. The molecule has 0 saturated carbocycles. The Balaban J connectivity index is 2.54. The van der Waals surface area contributed by atoms with Gasteiger partial charge in [-0.25, -0.2) is 0 Å². The Labute approximate surface area is 129 Å². The Bertz CT molecular complexity index is 403. The topological polar surface area (TPSA) is 32.3 Å². The van der Waals surface area contributed by atoms with Crippen LogP contribution in [0, 0.1) is 0 Å². The SMILES string of the molecule is CCCC(C(=O)NCCN(CC)C(C)C)c1ccccc1. The third kappa shape index (κ3) is 5.88. The number of rotatable bonds is 9. The highest BCUT2D eigenvalue weighted by Gasteiger charge is 2.19. The lowest BCUT2D eigenvalue weighted by Gasteiger charge is -2.25. The van der Waals surface area contributed by atoms with Crippen LogP contribution in [0.1, 0.15) is 52.0 Å². The highest BCUT2D eigenvalue weighted by Crippen LogP contribution is 2.21. The van der Waals surface area contributed by atoms with Crippen molar-refractivity contribution in [2.45, 2.75) is 52.5 Å². The van der Waals surface area contributed by atoms with Gasteiger partial charge >= 0.3 is 0 Å². The molecule has 0 saturated heterocycles. The second-order valence-corrected chi connectivity index (χ2v) is 5.77. The van der Waals surface area contributed by atoms with E-state index in [1.54, 1.807) is 0 Å². The fourth-order valence-electron chi connectivity index (χ4n) is 2.65. The molecule has 21 heavy (non-hydrogen) atoms. The van der Waals surface area contributed by atoms with E-state index in [4.69, 9.17) is 0 Å². The van der Waals surface area contributed by atoms with Crippen LogP contribution in [-0.4, -0.2) is 36.5 Å². The summed E-state index contributed by atoms with van der Waals surface area (Å²) in [6.07, 6.45) is 1.91. The van der Waals surface area contributed by atoms with E-state index in [-0.39, 0.29) is 11.8 Å². The smallest absolute Gasteiger partial charge is 0.227 e. The van der Waals surface area contributed by atoms with Crippen LogP contribution in [0.4, 0.5) is 0 Å². The molecule has 0 spiro atoms. The lowest BCUT2D eigenvalue weighted by molar-refractivity contribution is -0.122. The number of nitrogens with one attached hydrogen (secondary N) is 1. The average molecular weight is 290 g/mol. The number of benzene rings is 1. The standard InChI is InChI=1S/C18H30N2O/c1-5-10-17(16-11-8-7-9-12-16)18(21)19-13-14-20(6-2)15(3)4/h7-9,11-12,15,17H,5-6,10,13-14H2,1-4H3,(H,19,21). The van der Waals surface area contributed by atoms with Crippen molar-refractivity contribution < 1.29 is 4.79 Å². The van der Waals surface area contributed by atoms with Gasteiger partial charge in [0.25, 0.3) is 0 Å². The molecule has 1 amide bonds. The normalized spacial score (nSPS) is 12.7. The number of nitrogens with zero attached hydrogens (tertiary/aromatic N) is 1. The Hall–Kier alpha value is -1.35. The largest absolute Gasteiger partial charge is 0.354 e. The van der Waals surface area contributed by atoms with Crippen molar-refractivity contribution in [1.82, 2.24) is 10.2 Å². The molecule has 0 aromatic heterocycles. The summed E-state index contributed by atoms with van der Waals surface area (Å²) < 4.78 is 0. The molecule has 0 radical (unpaired) electrons. The zero-order valence-electron chi connectivity index (χ0n) is 13.9. The van der Waals surface area contributed by atoms with Gasteiger partial charge in [-0.15, -0.1) is 0 Å². The number of carbonyl (C=O) groups is 1. The predicted octanol–water partition coefficient (Wildman–Crippen LogP) is 3.42. The summed E-state index contributed by atoms with van der Waals surface area (Å²) in [4.78, 5) is 14.8. The molecule has 1 aromatic carbocycles. The first-order valence-corrected chi connectivity index (χ1v) is 8.16. The quantitative estimate of drug-likeness (QED) is 0.756. The minimum Gasteiger partial charge on any atom is -0.354 e. The van der Waals surface area contributed by atoms with Crippen molar-refractivity contribution in [1.29, 1.82) is 0 Å². The number of hydrogen-bond acceptors (Lipinski definition) is 2. The van der Waals surface area contributed by atoms with E-state index in [1.165, 1.54) is 0 Å². The summed E-state index contributed by atoms with van der Waals surface area (Å²) in [6, 6.07) is 10.6. The number of amides is 1. The monoisotopic (exact) mass is 290 g/mol. The molecule has 0 aliphatic carbocycles. The number of likely N-dealkylation sites (N-methyl/N-ethyl adjacent to an activating group) is 1. The number of hydrogen-bond donors (Lipinski definition) is 1. The first-order valence-electron chi connectivity index (χ1n) is 8.16. The molecular weight excluding hydrogens is 260 g/mol. The van der Waals surface area contributed by atoms with Gasteiger partial charge < -0.3 is 5.32 Å². The van der Waals surface area contributed by atoms with Crippen LogP contribution >= 0.6 is 0 Å². The van der Waals surface area contributed by atoms with Gasteiger partial charge in [-0.2, -0.15) is 0 Å². The van der Waals surface area contributed by atoms with Crippen molar-refractivity contribution >= 4 is 5.91 Å². The molecule has 118 valence electrons. The van der Waals surface area contributed by atoms with Crippen LogP contribution in [0.2, 0.25) is 0 Å². The minimum absolute atomic E-state index is 0.0228. The van der Waals surface area contributed by atoms with Gasteiger partial charge in [0, 0.05) is 19.1 Å². The van der Waals surface area contributed by atoms with Gasteiger partial charge in [0.15, 0.2) is 0 Å². The summed E-state index contributed by atoms with van der Waals surface area (Å²) >= 11 is 0. The summed E-state index contributed by atoms with van der Waals surface area (Å²) in [5.74, 6) is 0.133. The van der Waals surface area contributed by atoms with E-state index in [9.17, 15) is 4.79 Å². The molecule has 3 nitrogen and oxygen atoms in total. The van der Waals surface area contributed by atoms with Crippen molar-refractivity contribution in [2.24, 2.45) is 0 Å². The molecule has 1 aromatic rings. The lowest BCUT2D eigenvalue weighted by Crippen LogP contribution is -2.39. The van der Waals surface area contributed by atoms with Gasteiger partial charge in [-0.3, -0.25) is 9.69 Å². The fraction of sp³-hybridized carbons (Fsp3) is 0.611. The number of carbonyl (C=O) groups excluding carboxylic acids is 1. The summed E-state index contributed by atoms with van der Waals surface area (Å²) in [7, 11) is 0. The average Bonchev–Trinajstić information content (AvgIpc) is 2.49. The zero-order chi connectivity index (χ0) is 15.7. The molecule has 0 bridgehead atoms. The van der Waals surface area contributed by atoms with E-state index < -0.39 is 0 Å². The Kier molecular flexibility index (Phi) is 8.06. The molecule has 0 aliphatic rings. The molecule has 0 aliphatic heterocycles. The highest BCUT2D eigenvalue weighted by molar-refractivity contribution is 5.83. The van der Waals surface area contributed by atoms with Crippen LogP contribution in [0.3, 0.4) is 0 Å². The van der Waals surface area contributed by atoms with Crippen LogP contribution in [0.5, 0.6) is 0 Å². The van der Waals surface area contributed by atoms with Gasteiger partial charge in [0.05, 0.1) is 5.92 Å². The Morgan fingerprint density at radius 2 is 1.86 bits per heavy atom. The third-order valence-corrected chi connectivity index (χ3v) is 3.93.